The molecule has 0 saturated heterocycles. The lowest BCUT2D eigenvalue weighted by Crippen LogP contribution is -2.28. The molecule has 1 N–H and O–H groups in total. The largest absolute Gasteiger partial charge is 0.345 e. The molecular weight excluding hydrogens is 260 g/mol. The van der Waals surface area contributed by atoms with Crippen LogP contribution in [0.3, 0.4) is 0 Å². The van der Waals surface area contributed by atoms with Crippen LogP contribution in [-0.2, 0) is 0 Å². The number of aryl methyl sites for hydroxylation is 1. The van der Waals surface area contributed by atoms with Crippen molar-refractivity contribution in [2.24, 2.45) is 0 Å². The Balaban J connectivity index is 2.12. The fourth-order valence-corrected chi connectivity index (χ4v) is 2.16. The average Bonchev–Trinajstić information content (AvgIpc) is 2.53. The van der Waals surface area contributed by atoms with Gasteiger partial charge in [-0.15, -0.1) is 0 Å². The molecule has 0 fully saturated rings. The van der Waals surface area contributed by atoms with Crippen LogP contribution in [0, 0.1) is 18.3 Å². The highest BCUT2D eigenvalue weighted by Gasteiger charge is 2.13. The molecule has 21 heavy (non-hydrogen) atoms. The third-order valence-electron chi connectivity index (χ3n) is 3.47. The van der Waals surface area contributed by atoms with E-state index in [-0.39, 0.29) is 11.9 Å². The molecule has 0 spiro atoms. The number of amides is 1. The number of hydrogen-bond acceptors (Lipinski definition) is 2. The van der Waals surface area contributed by atoms with Crippen molar-refractivity contribution in [3.05, 3.63) is 70.8 Å². The zero-order valence-corrected chi connectivity index (χ0v) is 12.3. The second-order valence-corrected chi connectivity index (χ2v) is 5.03. The summed E-state index contributed by atoms with van der Waals surface area (Å²) in [4.78, 5) is 12.3. The van der Waals surface area contributed by atoms with Gasteiger partial charge in [-0.3, -0.25) is 4.79 Å². The molecule has 2 rings (SSSR count). The minimum atomic E-state index is -0.119. The number of carbonyl (C=O) groups is 1. The van der Waals surface area contributed by atoms with Crippen LogP contribution in [0.4, 0.5) is 0 Å². The van der Waals surface area contributed by atoms with E-state index in [9.17, 15) is 4.79 Å². The summed E-state index contributed by atoms with van der Waals surface area (Å²) in [6.07, 6.45) is 0.824. The highest BCUT2D eigenvalue weighted by molar-refractivity contribution is 5.94. The van der Waals surface area contributed by atoms with Gasteiger partial charge in [-0.2, -0.15) is 5.26 Å². The quantitative estimate of drug-likeness (QED) is 0.926. The first-order chi connectivity index (χ1) is 10.1. The van der Waals surface area contributed by atoms with Crippen LogP contribution in [-0.4, -0.2) is 5.91 Å². The molecule has 0 saturated carbocycles. The predicted molar refractivity (Wildman–Crippen MR) is 82.8 cm³/mol. The summed E-state index contributed by atoms with van der Waals surface area (Å²) in [6.45, 7) is 4.09. The van der Waals surface area contributed by atoms with E-state index < -0.39 is 0 Å². The van der Waals surface area contributed by atoms with Gasteiger partial charge in [-0.25, -0.2) is 0 Å². The molecular formula is C18H18N2O. The second kappa shape index (κ2) is 6.71. The summed E-state index contributed by atoms with van der Waals surface area (Å²) >= 11 is 0. The number of nitrogens with zero attached hydrogens (tertiary/aromatic N) is 1. The van der Waals surface area contributed by atoms with Gasteiger partial charge in [0, 0.05) is 5.56 Å². The maximum atomic E-state index is 12.3. The van der Waals surface area contributed by atoms with Gasteiger partial charge in [0.05, 0.1) is 17.7 Å². The maximum absolute atomic E-state index is 12.3. The molecule has 0 aliphatic heterocycles. The number of carbonyl (C=O) groups excluding carboxylic acids is 1. The highest BCUT2D eigenvalue weighted by Crippen LogP contribution is 2.18. The first-order valence-electron chi connectivity index (χ1n) is 7.01. The first kappa shape index (κ1) is 14.8. The fourth-order valence-electron chi connectivity index (χ4n) is 2.16. The van der Waals surface area contributed by atoms with Crippen LogP contribution in [0.2, 0.25) is 0 Å². The smallest absolute Gasteiger partial charge is 0.251 e. The average molecular weight is 278 g/mol. The summed E-state index contributed by atoms with van der Waals surface area (Å²) in [5.74, 6) is -0.119. The van der Waals surface area contributed by atoms with Crippen LogP contribution in [0.15, 0.2) is 48.5 Å². The van der Waals surface area contributed by atoms with Crippen molar-refractivity contribution in [2.75, 3.05) is 0 Å². The highest BCUT2D eigenvalue weighted by atomic mass is 16.1. The van der Waals surface area contributed by atoms with Gasteiger partial charge in [0.1, 0.15) is 0 Å². The third kappa shape index (κ3) is 3.70. The third-order valence-corrected chi connectivity index (χ3v) is 3.47. The van der Waals surface area contributed by atoms with E-state index in [1.54, 1.807) is 24.3 Å². The van der Waals surface area contributed by atoms with E-state index >= 15 is 0 Å². The van der Waals surface area contributed by atoms with Crippen molar-refractivity contribution in [1.82, 2.24) is 5.32 Å². The van der Waals surface area contributed by atoms with E-state index in [0.29, 0.717) is 11.1 Å². The second-order valence-electron chi connectivity index (χ2n) is 5.03. The van der Waals surface area contributed by atoms with Crippen molar-refractivity contribution in [1.29, 1.82) is 5.26 Å². The van der Waals surface area contributed by atoms with Crippen molar-refractivity contribution in [2.45, 2.75) is 26.3 Å². The molecule has 0 heterocycles. The van der Waals surface area contributed by atoms with Crippen molar-refractivity contribution >= 4 is 5.91 Å². The zero-order chi connectivity index (χ0) is 15.2. The molecule has 1 atom stereocenters. The van der Waals surface area contributed by atoms with Gasteiger partial charge in [-0.05, 0) is 43.2 Å². The molecule has 2 aromatic rings. The molecule has 0 aliphatic rings. The van der Waals surface area contributed by atoms with E-state index in [2.05, 4.69) is 5.32 Å². The molecule has 3 heteroatoms. The summed E-state index contributed by atoms with van der Waals surface area (Å²) < 4.78 is 0. The van der Waals surface area contributed by atoms with Crippen molar-refractivity contribution in [3.8, 4) is 6.07 Å². The van der Waals surface area contributed by atoms with Gasteiger partial charge in [0.15, 0.2) is 0 Å². The summed E-state index contributed by atoms with van der Waals surface area (Å²) in [5, 5.41) is 11.8. The van der Waals surface area contributed by atoms with E-state index in [4.69, 9.17) is 5.26 Å². The lowest BCUT2D eigenvalue weighted by Gasteiger charge is -2.17. The number of benzene rings is 2. The number of hydrogen-bond donors (Lipinski definition) is 1. The van der Waals surface area contributed by atoms with Gasteiger partial charge in [0.25, 0.3) is 5.91 Å². The molecule has 0 aliphatic carbocycles. The number of nitriles is 1. The van der Waals surface area contributed by atoms with Crippen LogP contribution < -0.4 is 5.32 Å². The Morgan fingerprint density at radius 1 is 1.14 bits per heavy atom. The lowest BCUT2D eigenvalue weighted by atomic mass is 10.0. The Hall–Kier alpha value is -2.60. The number of nitrogens with one attached hydrogen (secondary N) is 1. The molecule has 0 radical (unpaired) electrons. The monoisotopic (exact) mass is 278 g/mol. The van der Waals surface area contributed by atoms with Crippen LogP contribution in [0.1, 0.15) is 46.4 Å². The fraction of sp³-hybridized carbons (Fsp3) is 0.222. The Morgan fingerprint density at radius 3 is 2.29 bits per heavy atom. The van der Waals surface area contributed by atoms with Gasteiger partial charge < -0.3 is 5.32 Å². The topological polar surface area (TPSA) is 52.9 Å². The Kier molecular flexibility index (Phi) is 4.73. The lowest BCUT2D eigenvalue weighted by molar-refractivity contribution is 0.0935. The van der Waals surface area contributed by atoms with Gasteiger partial charge >= 0.3 is 0 Å². The Morgan fingerprint density at radius 2 is 1.76 bits per heavy atom. The first-order valence-corrected chi connectivity index (χ1v) is 7.01. The van der Waals surface area contributed by atoms with Crippen LogP contribution >= 0.6 is 0 Å². The minimum absolute atomic E-state index is 0.00579. The van der Waals surface area contributed by atoms with Crippen LogP contribution in [0.25, 0.3) is 0 Å². The van der Waals surface area contributed by atoms with Gasteiger partial charge in [0.2, 0.25) is 0 Å². The summed E-state index contributed by atoms with van der Waals surface area (Å²) in [7, 11) is 0. The maximum Gasteiger partial charge on any atom is 0.251 e. The van der Waals surface area contributed by atoms with Crippen molar-refractivity contribution < 1.29 is 4.79 Å². The van der Waals surface area contributed by atoms with E-state index in [1.807, 2.05) is 44.2 Å². The Labute approximate surface area is 125 Å². The number of rotatable bonds is 4. The SMILES string of the molecule is CC[C@H](NC(=O)c1ccc(C#N)cc1)c1ccc(C)cc1. The van der Waals surface area contributed by atoms with E-state index in [1.165, 1.54) is 5.56 Å². The molecule has 0 unspecified atom stereocenters. The van der Waals surface area contributed by atoms with Crippen LogP contribution in [0.5, 0.6) is 0 Å². The zero-order valence-electron chi connectivity index (χ0n) is 12.3. The predicted octanol–water partition coefficient (Wildman–Crippen LogP) is 3.75. The van der Waals surface area contributed by atoms with Crippen molar-refractivity contribution in [3.63, 3.8) is 0 Å². The summed E-state index contributed by atoms with van der Waals surface area (Å²) in [6, 6.07) is 16.9. The molecule has 3 nitrogen and oxygen atoms in total. The Bertz CT molecular complexity index is 651. The molecule has 0 aromatic heterocycles. The molecule has 106 valence electrons. The standard InChI is InChI=1S/C18H18N2O/c1-3-17(15-8-4-13(2)5-9-15)20-18(21)16-10-6-14(12-19)7-11-16/h4-11,17H,3H2,1-2H3,(H,20,21)/t17-/m0/s1. The normalized spacial score (nSPS) is 11.5. The molecule has 1 amide bonds. The summed E-state index contributed by atoms with van der Waals surface area (Å²) in [5.41, 5.74) is 3.42. The molecule has 0 bridgehead atoms. The minimum Gasteiger partial charge on any atom is -0.345 e. The van der Waals surface area contributed by atoms with E-state index in [0.717, 1.165) is 12.0 Å². The van der Waals surface area contributed by atoms with Gasteiger partial charge in [-0.1, -0.05) is 36.8 Å². The molecule has 2 aromatic carbocycles.